The lowest BCUT2D eigenvalue weighted by Crippen LogP contribution is -2.26. The molecule has 0 unspecified atom stereocenters. The van der Waals surface area contributed by atoms with Crippen molar-refractivity contribution >= 4 is 0 Å². The monoisotopic (exact) mass is 2040 g/mol. The summed E-state index contributed by atoms with van der Waals surface area (Å²) in [4.78, 5) is 0. The molecule has 1 aliphatic heterocycles. The average Bonchev–Trinajstić information content (AvgIpc) is 1.10. The number of phenolic OH excluding ortho intramolecular Hbond substituents is 1. The normalized spacial score (nSPS) is 11.1. The lowest BCUT2D eigenvalue weighted by atomic mass is 10.1. The maximum Gasteiger partial charge on any atom is 0.387 e. The minimum Gasteiger partial charge on any atom is -0.508 e. The molecule has 2 fully saturated rings. The molecule has 0 atom stereocenters. The fraction of sp³-hybridized carbons (Fsp3) is 0.344. The largest absolute Gasteiger partial charge is 0.508 e. The van der Waals surface area contributed by atoms with Crippen LogP contribution in [-0.2, 0) is 9.47 Å². The third-order valence-corrected chi connectivity index (χ3v) is 21.0. The predicted molar refractivity (Wildman–Crippen MR) is 591 cm³/mol. The molecule has 0 spiro atoms. The van der Waals surface area contributed by atoms with Crippen LogP contribution in [0.25, 0.3) is 0 Å². The van der Waals surface area contributed by atoms with Crippen molar-refractivity contribution in [3.05, 3.63) is 443 Å². The van der Waals surface area contributed by atoms with Gasteiger partial charge in [-0.1, -0.05) is 229 Å². The number of rotatable bonds is 20. The van der Waals surface area contributed by atoms with E-state index in [9.17, 15) is 39.5 Å². The molecule has 11 nitrogen and oxygen atoms in total. The van der Waals surface area contributed by atoms with Gasteiger partial charge in [0.15, 0.2) is 69.4 Å². The zero-order valence-electron chi connectivity index (χ0n) is 92.0. The lowest BCUT2D eigenvalue weighted by molar-refractivity contribution is -0.0498. The molecule has 20 heteroatoms. The van der Waals surface area contributed by atoms with Crippen LogP contribution in [0.2, 0.25) is 0 Å². The molecule has 0 radical (unpaired) electrons. The lowest BCUT2D eigenvalue weighted by Gasteiger charge is -2.23. The van der Waals surface area contributed by atoms with E-state index in [0.29, 0.717) is 98.1 Å². The van der Waals surface area contributed by atoms with Crippen LogP contribution in [0, 0.1) is 191 Å². The molecule has 16 rings (SSSR count). The van der Waals surface area contributed by atoms with Crippen molar-refractivity contribution in [2.24, 2.45) is 11.8 Å². The third-order valence-electron chi connectivity index (χ3n) is 21.0. The number of benzene rings is 14. The summed E-state index contributed by atoms with van der Waals surface area (Å²) in [6.07, 6.45) is 4.25. The van der Waals surface area contributed by atoms with Crippen LogP contribution in [0.3, 0.4) is 0 Å². The van der Waals surface area contributed by atoms with E-state index in [4.69, 9.17) is 47.7 Å². The van der Waals surface area contributed by atoms with Crippen LogP contribution in [0.15, 0.2) is 291 Å². The summed E-state index contributed by atoms with van der Waals surface area (Å²) in [6.45, 7) is 53.2. The molecule has 1 N–H and O–H groups in total. The number of ether oxygens (including phenoxy) is 10. The highest BCUT2D eigenvalue weighted by Gasteiger charge is 2.23. The van der Waals surface area contributed by atoms with Gasteiger partial charge in [0.1, 0.15) is 35.8 Å². The van der Waals surface area contributed by atoms with E-state index in [0.717, 1.165) is 75.3 Å². The van der Waals surface area contributed by atoms with Crippen molar-refractivity contribution in [1.82, 2.24) is 0 Å². The van der Waals surface area contributed by atoms with E-state index in [2.05, 4.69) is 171 Å². The zero-order valence-corrected chi connectivity index (χ0v) is 92.0. The van der Waals surface area contributed by atoms with Crippen molar-refractivity contribution < 1.29 is 92.0 Å². The molecule has 0 aromatic heterocycles. The van der Waals surface area contributed by atoms with Crippen LogP contribution < -0.4 is 37.9 Å². The number of hydrogen-bond acceptors (Lipinski definition) is 11. The Morgan fingerprint density at radius 3 is 0.939 bits per heavy atom. The van der Waals surface area contributed by atoms with Gasteiger partial charge in [-0.25, -0.2) is 30.7 Å². The Hall–Kier alpha value is -13.4. The Labute approximate surface area is 878 Å². The van der Waals surface area contributed by atoms with Gasteiger partial charge in [0.25, 0.3) is 0 Å². The summed E-state index contributed by atoms with van der Waals surface area (Å²) in [6, 6.07) is 88.8. The molecule has 14 aromatic rings. The summed E-state index contributed by atoms with van der Waals surface area (Å²) >= 11 is 0. The SMILES string of the molecule is CCOc1ccc(C)cc1F.CCOc1cccc(C)c1.COCCOc1ccc(C)cc1F.Cc1ccc(C)c(C)c1.Cc1ccc(C)c(F)c1.Cc1ccc(C)cc1.Cc1ccc(OC(C)C)c(F)c1.Cc1ccc(OC2CCOCC2)c(F)c1.Cc1ccc(OCC(C)C)c(F)c1.Cc1ccc(OCC2CC2)c(F)c1.Cc1cccc(C)c1.Cc1cccc(C)c1.Cc1cccc(O)c1.Cc1cccc(OC(F)F)c1. The molecule has 0 bridgehead atoms. The number of halogens is 9. The zero-order chi connectivity index (χ0) is 110. The number of phenols is 1. The third kappa shape index (κ3) is 60.6. The van der Waals surface area contributed by atoms with Gasteiger partial charge >= 0.3 is 6.61 Å². The quantitative estimate of drug-likeness (QED) is 0.0581. The van der Waals surface area contributed by atoms with Crippen LogP contribution in [-0.4, -0.2) is 83.9 Å². The van der Waals surface area contributed by atoms with Crippen LogP contribution in [0.1, 0.15) is 178 Å². The second-order valence-corrected chi connectivity index (χ2v) is 37.0. The maximum absolute atomic E-state index is 13.4. The van der Waals surface area contributed by atoms with E-state index in [1.54, 1.807) is 80.8 Å². The fourth-order valence-electron chi connectivity index (χ4n) is 12.8. The second-order valence-electron chi connectivity index (χ2n) is 37.0. The Morgan fingerprint density at radius 2 is 0.615 bits per heavy atom. The first-order chi connectivity index (χ1) is 70.2. The molecule has 14 aromatic carbocycles. The van der Waals surface area contributed by atoms with Gasteiger partial charge in [0, 0.05) is 20.0 Å². The summed E-state index contributed by atoms with van der Waals surface area (Å²) in [7, 11) is 1.58. The summed E-state index contributed by atoms with van der Waals surface area (Å²) < 4.78 is 166. The van der Waals surface area contributed by atoms with E-state index in [-0.39, 0.29) is 64.4 Å². The summed E-state index contributed by atoms with van der Waals surface area (Å²) in [5.41, 5.74) is 22.5. The maximum atomic E-state index is 13.4. The first-order valence-electron chi connectivity index (χ1n) is 50.0. The molecular weight excluding hydrogens is 1880 g/mol. The van der Waals surface area contributed by atoms with Gasteiger partial charge in [-0.15, -0.1) is 0 Å². The smallest absolute Gasteiger partial charge is 0.387 e. The predicted octanol–water partition coefficient (Wildman–Crippen LogP) is 35.1. The van der Waals surface area contributed by atoms with Crippen LogP contribution in [0.5, 0.6) is 51.7 Å². The Kier molecular flexibility index (Phi) is 63.3. The van der Waals surface area contributed by atoms with E-state index >= 15 is 0 Å². The molecule has 800 valence electrons. The average molecular weight is 2040 g/mol. The molecule has 148 heavy (non-hydrogen) atoms. The van der Waals surface area contributed by atoms with E-state index in [1.807, 2.05) is 183 Å². The Balaban J connectivity index is 0.000000411. The minimum absolute atomic E-state index is 0.0159. The van der Waals surface area contributed by atoms with Crippen molar-refractivity contribution in [3.63, 3.8) is 0 Å². The highest BCUT2D eigenvalue weighted by molar-refractivity contribution is 5.37. The Morgan fingerprint density at radius 1 is 0.291 bits per heavy atom. The number of methoxy groups -OCH3 is 1. The molecule has 1 heterocycles. The fourth-order valence-corrected chi connectivity index (χ4v) is 12.8. The summed E-state index contributed by atoms with van der Waals surface area (Å²) in [5, 5.41) is 8.81. The molecule has 1 aliphatic carbocycles. The Bertz CT molecular complexity index is 5780. The summed E-state index contributed by atoms with van der Waals surface area (Å²) in [5.74, 6) is 2.80. The highest BCUT2D eigenvalue weighted by atomic mass is 19.3. The van der Waals surface area contributed by atoms with Gasteiger partial charge in [-0.2, -0.15) is 8.78 Å². The first kappa shape index (κ1) is 129. The van der Waals surface area contributed by atoms with Crippen molar-refractivity contribution in [2.45, 2.75) is 225 Å². The molecule has 1 saturated heterocycles. The van der Waals surface area contributed by atoms with Gasteiger partial charge in [0.2, 0.25) is 0 Å². The van der Waals surface area contributed by atoms with Gasteiger partial charge in [-0.3, -0.25) is 0 Å². The molecule has 2 aliphatic rings. The molecular formula is C128H159F9O11. The van der Waals surface area contributed by atoms with Gasteiger partial charge < -0.3 is 52.5 Å². The van der Waals surface area contributed by atoms with E-state index in [1.165, 1.54) is 117 Å². The molecule has 0 amide bonds. The van der Waals surface area contributed by atoms with Crippen molar-refractivity contribution in [3.8, 4) is 51.7 Å². The highest BCUT2D eigenvalue weighted by Crippen LogP contribution is 2.31. The number of hydrogen-bond donors (Lipinski definition) is 1. The minimum atomic E-state index is -2.74. The van der Waals surface area contributed by atoms with Crippen molar-refractivity contribution in [2.75, 3.05) is 60.0 Å². The van der Waals surface area contributed by atoms with Crippen LogP contribution >= 0.6 is 0 Å². The molecule has 1 saturated carbocycles. The second kappa shape index (κ2) is 72.8. The topological polar surface area (TPSA) is 113 Å². The van der Waals surface area contributed by atoms with Gasteiger partial charge in [-0.05, 0) is 378 Å². The van der Waals surface area contributed by atoms with Gasteiger partial charge in [0.05, 0.1) is 52.4 Å². The number of aromatic hydroxyl groups is 1. The van der Waals surface area contributed by atoms with Crippen LogP contribution in [0.4, 0.5) is 39.5 Å². The number of aryl methyl sites for hydroxylation is 20. The first-order valence-corrected chi connectivity index (χ1v) is 50.0. The van der Waals surface area contributed by atoms with Crippen molar-refractivity contribution in [1.29, 1.82) is 0 Å². The standard InChI is InChI=1S/C12H15FO2.C11H13FO.C11H15FO.C10H13FO2.C10H13FO.C9H11FO.C9H12O.C9H12.C8H8F2O.C8H9F.3C8H10.C7H8O/c1-9-2-3-12(11(13)8-9)15-10-4-6-14-7-5-10;1-8-2-5-11(10(12)6-8)13-7-9-3-4-9;1-8(2)7-13-11-5-4-9(3)6-10(11)12;1-8-3-4-10(9(11)7-8)13-6-5-12-2;1-7(2)12-10-5-4-8(3)6-9(10)11;1-3-11-9-5-4-7(2)6-8(9)10;1-3-10-9-6-4-5-8(2)7-9;1-7-4-5-8(2)9(3)6-7;1-6-3-2-4-7(5-6)11-8(9)10;1-6-3-4-7(2)8(9)5-6;1-7-3-5-8(2)6-4-7;2*1-7-4-3-5-8(2)6-7;1-6-3-2-4-7(8)5-6/h2-3,8,10H,4-7H2,1H3;2,5-6,9H,3-4,7H2,1H3;4-6,8H,7H2,1-3H3;3-4,7H,5-6H2,1-2H3;4-7H,1-3H3;4-6H,3H2,1-2H3;4-7H,3H2,1-2H3;4-6H,1-3H3;2-5,8H,1H3;3-5H,1-2H3;3*3-6H,1-2H3;2-5,8H,1H3. The van der Waals surface area contributed by atoms with E-state index < -0.39 is 6.61 Å². The number of alkyl halides is 2.